The van der Waals surface area contributed by atoms with Crippen molar-refractivity contribution < 1.29 is 9.90 Å². The number of rotatable bonds is 4. The molecule has 1 saturated heterocycles. The minimum Gasteiger partial charge on any atom is -0.398 e. The second kappa shape index (κ2) is 6.91. The summed E-state index contributed by atoms with van der Waals surface area (Å²) in [6.45, 7) is 4.19. The first-order valence-electron chi connectivity index (χ1n) is 7.50. The average molecular weight is 291 g/mol. The van der Waals surface area contributed by atoms with Gasteiger partial charge in [0.15, 0.2) is 0 Å². The third kappa shape index (κ3) is 3.54. The van der Waals surface area contributed by atoms with Crippen molar-refractivity contribution in [2.24, 2.45) is 0 Å². The maximum Gasteiger partial charge on any atom is 0.256 e. The van der Waals surface area contributed by atoms with Gasteiger partial charge in [0.25, 0.3) is 5.91 Å². The number of aliphatic hydroxyl groups excluding tert-OH is 1. The van der Waals surface area contributed by atoms with Crippen LogP contribution in [-0.2, 0) is 0 Å². The van der Waals surface area contributed by atoms with E-state index in [-0.39, 0.29) is 18.6 Å². The van der Waals surface area contributed by atoms with E-state index in [0.717, 1.165) is 31.5 Å². The molecule has 0 unspecified atom stereocenters. The molecule has 0 atom stereocenters. The molecule has 0 saturated carbocycles. The second-order valence-electron chi connectivity index (χ2n) is 5.80. The molecular formula is C16H25N3O2. The Hall–Kier alpha value is -1.59. The number of nitrogens with zero attached hydrogens (tertiary/aromatic N) is 2. The van der Waals surface area contributed by atoms with Gasteiger partial charge in [-0.2, -0.15) is 0 Å². The summed E-state index contributed by atoms with van der Waals surface area (Å²) in [5.74, 6) is -0.0609. The topological polar surface area (TPSA) is 69.8 Å². The number of piperidine rings is 1. The van der Waals surface area contributed by atoms with Crippen molar-refractivity contribution in [3.8, 4) is 0 Å². The van der Waals surface area contributed by atoms with Gasteiger partial charge in [-0.25, -0.2) is 0 Å². The number of likely N-dealkylation sites (tertiary alicyclic amines) is 1. The van der Waals surface area contributed by atoms with Gasteiger partial charge in [0.2, 0.25) is 0 Å². The van der Waals surface area contributed by atoms with E-state index in [1.54, 1.807) is 11.0 Å². The molecule has 0 radical (unpaired) electrons. The van der Waals surface area contributed by atoms with Crippen molar-refractivity contribution in [3.05, 3.63) is 29.3 Å². The molecule has 1 aromatic carbocycles. The number of carbonyl (C=O) groups is 1. The van der Waals surface area contributed by atoms with Crippen LogP contribution in [0.5, 0.6) is 0 Å². The molecule has 3 N–H and O–H groups in total. The Kier molecular flexibility index (Phi) is 5.20. The zero-order valence-corrected chi connectivity index (χ0v) is 12.9. The van der Waals surface area contributed by atoms with E-state index in [1.165, 1.54) is 0 Å². The van der Waals surface area contributed by atoms with Crippen LogP contribution in [0.25, 0.3) is 0 Å². The first-order valence-corrected chi connectivity index (χ1v) is 7.50. The number of nitrogen functional groups attached to an aromatic ring is 1. The minimum atomic E-state index is -0.0609. The van der Waals surface area contributed by atoms with Gasteiger partial charge in [0, 0.05) is 18.3 Å². The van der Waals surface area contributed by atoms with Crippen molar-refractivity contribution in [3.63, 3.8) is 0 Å². The van der Waals surface area contributed by atoms with Gasteiger partial charge in [0.1, 0.15) is 0 Å². The van der Waals surface area contributed by atoms with E-state index >= 15 is 0 Å². The van der Waals surface area contributed by atoms with Gasteiger partial charge >= 0.3 is 0 Å². The Balaban J connectivity index is 2.23. The third-order valence-corrected chi connectivity index (χ3v) is 4.25. The number of amides is 1. The Morgan fingerprint density at radius 1 is 1.43 bits per heavy atom. The summed E-state index contributed by atoms with van der Waals surface area (Å²) in [6.07, 6.45) is 1.88. The molecule has 0 spiro atoms. The minimum absolute atomic E-state index is 0.0239. The largest absolute Gasteiger partial charge is 0.398 e. The quantitative estimate of drug-likeness (QED) is 0.815. The number of aliphatic hydroxyl groups is 1. The molecule has 2 rings (SSSR count). The molecule has 1 aromatic rings. The third-order valence-electron chi connectivity index (χ3n) is 4.25. The predicted octanol–water partition coefficient (Wildman–Crippen LogP) is 1.11. The van der Waals surface area contributed by atoms with Crippen LogP contribution in [0.2, 0.25) is 0 Å². The van der Waals surface area contributed by atoms with Gasteiger partial charge in [-0.3, -0.25) is 4.79 Å². The normalized spacial score (nSPS) is 16.9. The Morgan fingerprint density at radius 2 is 2.10 bits per heavy atom. The van der Waals surface area contributed by atoms with Crippen LogP contribution in [-0.4, -0.2) is 60.1 Å². The highest BCUT2D eigenvalue weighted by atomic mass is 16.3. The first-order chi connectivity index (χ1) is 10.0. The molecule has 1 aliphatic rings. The monoisotopic (exact) mass is 291 g/mol. The summed E-state index contributed by atoms with van der Waals surface area (Å²) in [7, 11) is 2.09. The van der Waals surface area contributed by atoms with Gasteiger partial charge < -0.3 is 20.6 Å². The SMILES string of the molecule is Cc1cccc(N)c1C(=O)N(CCO)C1CCN(C)CC1. The van der Waals surface area contributed by atoms with Crippen LogP contribution < -0.4 is 5.73 Å². The fourth-order valence-electron chi connectivity index (χ4n) is 2.99. The van der Waals surface area contributed by atoms with Crippen LogP contribution in [0, 0.1) is 6.92 Å². The predicted molar refractivity (Wildman–Crippen MR) is 84.2 cm³/mol. The lowest BCUT2D eigenvalue weighted by Crippen LogP contribution is -2.48. The molecule has 116 valence electrons. The summed E-state index contributed by atoms with van der Waals surface area (Å²) in [6, 6.07) is 5.69. The smallest absolute Gasteiger partial charge is 0.256 e. The van der Waals surface area contributed by atoms with Crippen LogP contribution in [0.3, 0.4) is 0 Å². The number of carbonyl (C=O) groups excluding carboxylic acids is 1. The summed E-state index contributed by atoms with van der Waals surface area (Å²) >= 11 is 0. The van der Waals surface area contributed by atoms with Gasteiger partial charge in [0.05, 0.1) is 12.2 Å². The molecule has 0 aliphatic carbocycles. The molecule has 5 nitrogen and oxygen atoms in total. The van der Waals surface area contributed by atoms with Crippen molar-refractivity contribution in [2.75, 3.05) is 39.0 Å². The van der Waals surface area contributed by atoms with E-state index < -0.39 is 0 Å². The van der Waals surface area contributed by atoms with Crippen molar-refractivity contribution in [2.45, 2.75) is 25.8 Å². The number of hydrogen-bond acceptors (Lipinski definition) is 4. The summed E-state index contributed by atoms with van der Waals surface area (Å²) in [5.41, 5.74) is 7.96. The van der Waals surface area contributed by atoms with Crippen molar-refractivity contribution in [1.82, 2.24) is 9.80 Å². The van der Waals surface area contributed by atoms with Gasteiger partial charge in [-0.1, -0.05) is 12.1 Å². The molecule has 1 fully saturated rings. The van der Waals surface area contributed by atoms with Crippen LogP contribution in [0.15, 0.2) is 18.2 Å². The van der Waals surface area contributed by atoms with Crippen molar-refractivity contribution >= 4 is 11.6 Å². The van der Waals surface area contributed by atoms with E-state index in [0.29, 0.717) is 17.8 Å². The van der Waals surface area contributed by atoms with E-state index in [1.807, 2.05) is 19.1 Å². The van der Waals surface area contributed by atoms with Gasteiger partial charge in [-0.15, -0.1) is 0 Å². The molecule has 1 aliphatic heterocycles. The van der Waals surface area contributed by atoms with Crippen LogP contribution in [0.4, 0.5) is 5.69 Å². The Labute approximate surface area is 126 Å². The Bertz CT molecular complexity index is 476. The molecule has 21 heavy (non-hydrogen) atoms. The Morgan fingerprint density at radius 3 is 2.67 bits per heavy atom. The summed E-state index contributed by atoms with van der Waals surface area (Å²) < 4.78 is 0. The molecule has 5 heteroatoms. The zero-order valence-electron chi connectivity index (χ0n) is 12.9. The number of hydrogen-bond donors (Lipinski definition) is 2. The highest BCUT2D eigenvalue weighted by Crippen LogP contribution is 2.23. The molecule has 1 heterocycles. The fourth-order valence-corrected chi connectivity index (χ4v) is 2.99. The highest BCUT2D eigenvalue weighted by molar-refractivity contribution is 6.00. The molecule has 0 aromatic heterocycles. The average Bonchev–Trinajstić information content (AvgIpc) is 2.45. The van der Waals surface area contributed by atoms with E-state index in [2.05, 4.69) is 11.9 Å². The van der Waals surface area contributed by atoms with E-state index in [4.69, 9.17) is 5.73 Å². The van der Waals surface area contributed by atoms with Crippen molar-refractivity contribution in [1.29, 1.82) is 0 Å². The summed E-state index contributed by atoms with van der Waals surface area (Å²) in [5, 5.41) is 9.32. The number of nitrogens with two attached hydrogens (primary N) is 1. The lowest BCUT2D eigenvalue weighted by Gasteiger charge is -2.37. The zero-order chi connectivity index (χ0) is 15.4. The number of benzene rings is 1. The van der Waals surface area contributed by atoms with Gasteiger partial charge in [-0.05, 0) is 51.5 Å². The standard InChI is InChI=1S/C16H25N3O2/c1-12-4-3-5-14(17)15(12)16(21)19(10-11-20)13-6-8-18(2)9-7-13/h3-5,13,20H,6-11,17H2,1-2H3. The maximum atomic E-state index is 12.9. The first kappa shape index (κ1) is 15.8. The number of aryl methyl sites for hydroxylation is 1. The lowest BCUT2D eigenvalue weighted by molar-refractivity contribution is 0.0540. The van der Waals surface area contributed by atoms with Crippen LogP contribution in [0.1, 0.15) is 28.8 Å². The number of anilines is 1. The summed E-state index contributed by atoms with van der Waals surface area (Å²) in [4.78, 5) is 16.9. The van der Waals surface area contributed by atoms with E-state index in [9.17, 15) is 9.90 Å². The maximum absolute atomic E-state index is 12.9. The molecule has 1 amide bonds. The highest BCUT2D eigenvalue weighted by Gasteiger charge is 2.28. The molecular weight excluding hydrogens is 266 g/mol. The molecule has 0 bridgehead atoms. The lowest BCUT2D eigenvalue weighted by atomic mass is 10.00. The fraction of sp³-hybridized carbons (Fsp3) is 0.562. The second-order valence-corrected chi connectivity index (χ2v) is 5.80. The van der Waals surface area contributed by atoms with Crippen LogP contribution >= 0.6 is 0 Å².